The quantitative estimate of drug-likeness (QED) is 0.678. The van der Waals surface area contributed by atoms with Gasteiger partial charge in [-0.05, 0) is 25.7 Å². The Morgan fingerprint density at radius 1 is 1.35 bits per heavy atom. The maximum Gasteiger partial charge on any atom is 0.329 e. The predicted octanol–water partition coefficient (Wildman–Crippen LogP) is 2.70. The molecule has 0 saturated carbocycles. The number of hydrogen-bond acceptors (Lipinski definition) is 2. The van der Waals surface area contributed by atoms with Crippen LogP contribution < -0.4 is 5.32 Å². The van der Waals surface area contributed by atoms with Crippen molar-refractivity contribution in [1.29, 1.82) is 0 Å². The first-order valence-corrected chi connectivity index (χ1v) is 6.95. The number of nitrogens with one attached hydrogen (secondary N) is 1. The Balaban J connectivity index is 4.58. The first kappa shape index (κ1) is 16.4. The molecule has 0 aromatic carbocycles. The molecule has 2 atom stereocenters. The topological polar surface area (TPSA) is 66.4 Å². The smallest absolute Gasteiger partial charge is 0.329 e. The second-order valence-electron chi connectivity index (χ2n) is 4.35. The summed E-state index contributed by atoms with van der Waals surface area (Å²) in [5.41, 5.74) is -1.12. The molecule has 0 aliphatic carbocycles. The van der Waals surface area contributed by atoms with Gasteiger partial charge in [0.15, 0.2) is 0 Å². The van der Waals surface area contributed by atoms with Crippen molar-refractivity contribution in [2.75, 3.05) is 0 Å². The first-order chi connectivity index (χ1) is 7.88. The Morgan fingerprint density at radius 2 is 1.94 bits per heavy atom. The molecule has 0 aliphatic heterocycles. The Morgan fingerprint density at radius 3 is 2.29 bits per heavy atom. The molecular formula is C12H22BrNO3. The van der Waals surface area contributed by atoms with Gasteiger partial charge in [0.1, 0.15) is 5.54 Å². The third-order valence-electron chi connectivity index (χ3n) is 2.91. The summed E-state index contributed by atoms with van der Waals surface area (Å²) in [6.07, 6.45) is 3.66. The van der Waals surface area contributed by atoms with Crippen LogP contribution >= 0.6 is 15.9 Å². The Labute approximate surface area is 111 Å². The van der Waals surface area contributed by atoms with E-state index in [1.807, 2.05) is 0 Å². The molecule has 1 unspecified atom stereocenters. The van der Waals surface area contributed by atoms with E-state index in [0.29, 0.717) is 17.7 Å². The van der Waals surface area contributed by atoms with E-state index in [0.717, 1.165) is 19.3 Å². The highest BCUT2D eigenvalue weighted by atomic mass is 79.9. The Hall–Kier alpha value is -0.580. The van der Waals surface area contributed by atoms with Gasteiger partial charge < -0.3 is 10.4 Å². The van der Waals surface area contributed by atoms with Crippen LogP contribution in [0.1, 0.15) is 52.9 Å². The van der Waals surface area contributed by atoms with E-state index in [1.165, 1.54) is 6.92 Å². The van der Waals surface area contributed by atoms with Crippen molar-refractivity contribution in [3.05, 3.63) is 0 Å². The minimum atomic E-state index is -1.12. The van der Waals surface area contributed by atoms with Crippen LogP contribution in [0, 0.1) is 0 Å². The van der Waals surface area contributed by atoms with Gasteiger partial charge in [-0.25, -0.2) is 4.79 Å². The van der Waals surface area contributed by atoms with Gasteiger partial charge in [0, 0.05) is 11.8 Å². The van der Waals surface area contributed by atoms with Gasteiger partial charge in [-0.3, -0.25) is 4.79 Å². The molecule has 100 valence electrons. The van der Waals surface area contributed by atoms with Crippen LogP contribution in [0.2, 0.25) is 0 Å². The molecule has 0 aromatic heterocycles. The summed E-state index contributed by atoms with van der Waals surface area (Å²) in [4.78, 5) is 22.7. The lowest BCUT2D eigenvalue weighted by molar-refractivity contribution is -0.148. The average Bonchev–Trinajstić information content (AvgIpc) is 2.23. The Bertz CT molecular complexity index is 270. The fourth-order valence-corrected chi connectivity index (χ4v) is 2.52. The van der Waals surface area contributed by atoms with Crippen LogP contribution in [0.4, 0.5) is 0 Å². The number of alkyl halides is 1. The molecule has 0 fully saturated rings. The SMILES string of the molecule is CCCC(Br)CC[C@](CC)(NC(C)=O)C(=O)O. The first-order valence-electron chi connectivity index (χ1n) is 6.04. The fraction of sp³-hybridized carbons (Fsp3) is 0.833. The molecule has 0 radical (unpaired) electrons. The number of carboxylic acid groups (broad SMARTS) is 1. The number of hydrogen-bond donors (Lipinski definition) is 2. The zero-order valence-corrected chi connectivity index (χ0v) is 12.3. The largest absolute Gasteiger partial charge is 0.480 e. The van der Waals surface area contributed by atoms with Gasteiger partial charge in [-0.1, -0.05) is 36.2 Å². The fourth-order valence-electron chi connectivity index (χ4n) is 1.84. The summed E-state index contributed by atoms with van der Waals surface area (Å²) >= 11 is 3.53. The van der Waals surface area contributed by atoms with Crippen molar-refractivity contribution in [2.24, 2.45) is 0 Å². The number of carbonyl (C=O) groups is 2. The molecule has 2 N–H and O–H groups in total. The molecule has 17 heavy (non-hydrogen) atoms. The van der Waals surface area contributed by atoms with E-state index in [9.17, 15) is 14.7 Å². The summed E-state index contributed by atoms with van der Waals surface area (Å²) in [5.74, 6) is -1.25. The highest BCUT2D eigenvalue weighted by molar-refractivity contribution is 9.09. The molecule has 0 heterocycles. The molecule has 0 saturated heterocycles. The monoisotopic (exact) mass is 307 g/mol. The molecule has 0 bridgehead atoms. The maximum absolute atomic E-state index is 11.3. The molecule has 0 aromatic rings. The van der Waals surface area contributed by atoms with Gasteiger partial charge in [-0.2, -0.15) is 0 Å². The van der Waals surface area contributed by atoms with Crippen molar-refractivity contribution in [1.82, 2.24) is 5.32 Å². The number of halogens is 1. The lowest BCUT2D eigenvalue weighted by Gasteiger charge is -2.29. The Kier molecular flexibility index (Phi) is 7.43. The maximum atomic E-state index is 11.3. The van der Waals surface area contributed by atoms with Gasteiger partial charge >= 0.3 is 5.97 Å². The van der Waals surface area contributed by atoms with Crippen LogP contribution in [0.3, 0.4) is 0 Å². The lowest BCUT2D eigenvalue weighted by Crippen LogP contribution is -2.53. The summed E-state index contributed by atoms with van der Waals surface area (Å²) in [6, 6.07) is 0. The minimum absolute atomic E-state index is 0.295. The average molecular weight is 308 g/mol. The zero-order valence-electron chi connectivity index (χ0n) is 10.8. The van der Waals surface area contributed by atoms with E-state index < -0.39 is 11.5 Å². The number of aliphatic carboxylic acids is 1. The van der Waals surface area contributed by atoms with Gasteiger partial charge in [0.25, 0.3) is 0 Å². The van der Waals surface area contributed by atoms with Crippen LogP contribution in [0.5, 0.6) is 0 Å². The van der Waals surface area contributed by atoms with Gasteiger partial charge in [0.05, 0.1) is 0 Å². The molecule has 4 nitrogen and oxygen atoms in total. The van der Waals surface area contributed by atoms with Gasteiger partial charge in [-0.15, -0.1) is 0 Å². The lowest BCUT2D eigenvalue weighted by atomic mass is 9.89. The van der Waals surface area contributed by atoms with E-state index in [4.69, 9.17) is 0 Å². The molecule has 1 amide bonds. The van der Waals surface area contributed by atoms with Crippen LogP contribution in [-0.2, 0) is 9.59 Å². The van der Waals surface area contributed by atoms with Crippen molar-refractivity contribution in [2.45, 2.75) is 63.2 Å². The standard InChI is InChI=1S/C12H22BrNO3/c1-4-6-10(13)7-8-12(5-2,11(16)17)14-9(3)15/h10H,4-8H2,1-3H3,(H,14,15)(H,16,17)/t10?,12-/m0/s1. The summed E-state index contributed by atoms with van der Waals surface area (Å²) in [6.45, 7) is 5.23. The number of carbonyl (C=O) groups excluding carboxylic acids is 1. The predicted molar refractivity (Wildman–Crippen MR) is 71.3 cm³/mol. The zero-order chi connectivity index (χ0) is 13.5. The molecule has 0 spiro atoms. The van der Waals surface area contributed by atoms with Crippen LogP contribution in [-0.4, -0.2) is 27.3 Å². The second kappa shape index (κ2) is 7.69. The van der Waals surface area contributed by atoms with Crippen molar-refractivity contribution < 1.29 is 14.7 Å². The van der Waals surface area contributed by atoms with Gasteiger partial charge in [0.2, 0.25) is 5.91 Å². The number of amides is 1. The van der Waals surface area contributed by atoms with E-state index in [1.54, 1.807) is 6.92 Å². The highest BCUT2D eigenvalue weighted by Gasteiger charge is 2.37. The normalized spacial score (nSPS) is 16.0. The summed E-state index contributed by atoms with van der Waals surface area (Å²) in [7, 11) is 0. The van der Waals surface area contributed by atoms with E-state index in [2.05, 4.69) is 28.2 Å². The molecule has 5 heteroatoms. The van der Waals surface area contributed by atoms with Crippen molar-refractivity contribution in [3.63, 3.8) is 0 Å². The van der Waals surface area contributed by atoms with E-state index >= 15 is 0 Å². The molecule has 0 aliphatic rings. The highest BCUT2D eigenvalue weighted by Crippen LogP contribution is 2.23. The van der Waals surface area contributed by atoms with Crippen molar-refractivity contribution >= 4 is 27.8 Å². The van der Waals surface area contributed by atoms with Crippen LogP contribution in [0.15, 0.2) is 0 Å². The third kappa shape index (κ3) is 5.52. The summed E-state index contributed by atoms with van der Waals surface area (Å²) in [5, 5.41) is 11.9. The van der Waals surface area contributed by atoms with E-state index in [-0.39, 0.29) is 5.91 Å². The third-order valence-corrected chi connectivity index (χ3v) is 3.83. The summed E-state index contributed by atoms with van der Waals surface area (Å²) < 4.78 is 0. The number of rotatable bonds is 8. The molecular weight excluding hydrogens is 286 g/mol. The molecule has 0 rings (SSSR count). The minimum Gasteiger partial charge on any atom is -0.480 e. The van der Waals surface area contributed by atoms with Crippen LogP contribution in [0.25, 0.3) is 0 Å². The van der Waals surface area contributed by atoms with Crippen molar-refractivity contribution in [3.8, 4) is 0 Å². The number of carboxylic acids is 1. The second-order valence-corrected chi connectivity index (χ2v) is 5.64.